The molecule has 25 heavy (non-hydrogen) atoms. The van der Waals surface area contributed by atoms with Crippen LogP contribution in [0.15, 0.2) is 24.3 Å². The van der Waals surface area contributed by atoms with Crippen molar-refractivity contribution in [3.05, 3.63) is 24.3 Å². The van der Waals surface area contributed by atoms with E-state index in [-0.39, 0.29) is 0 Å². The highest BCUT2D eigenvalue weighted by molar-refractivity contribution is 7.80. The van der Waals surface area contributed by atoms with Crippen LogP contribution in [0.3, 0.4) is 0 Å². The van der Waals surface area contributed by atoms with Crippen LogP contribution in [-0.4, -0.2) is 87.6 Å². The lowest BCUT2D eigenvalue weighted by Gasteiger charge is -2.38. The molecule has 1 aromatic rings. The summed E-state index contributed by atoms with van der Waals surface area (Å²) in [6.45, 7) is 9.40. The lowest BCUT2D eigenvalue weighted by molar-refractivity contribution is 0.0388. The van der Waals surface area contributed by atoms with Gasteiger partial charge in [0, 0.05) is 52.4 Å². The number of nitrogens with one attached hydrogen (secondary N) is 1. The Labute approximate surface area is 155 Å². The largest absolute Gasteiger partial charge is 0.495 e. The fourth-order valence-corrected chi connectivity index (χ4v) is 3.58. The highest BCUT2D eigenvalue weighted by atomic mass is 32.1. The first-order chi connectivity index (χ1) is 12.3. The molecule has 0 unspecified atom stereocenters. The maximum absolute atomic E-state index is 5.57. The van der Waals surface area contributed by atoms with Gasteiger partial charge in [0.05, 0.1) is 26.0 Å². The van der Waals surface area contributed by atoms with Gasteiger partial charge in [-0.15, -0.1) is 0 Å². The van der Waals surface area contributed by atoms with Crippen molar-refractivity contribution in [2.24, 2.45) is 0 Å². The van der Waals surface area contributed by atoms with Gasteiger partial charge in [-0.05, 0) is 24.4 Å². The summed E-state index contributed by atoms with van der Waals surface area (Å²) in [5.74, 6) is 0.933. The van der Waals surface area contributed by atoms with E-state index >= 15 is 0 Å². The molecule has 1 aromatic carbocycles. The number of anilines is 1. The van der Waals surface area contributed by atoms with Crippen molar-refractivity contribution >= 4 is 23.0 Å². The van der Waals surface area contributed by atoms with Crippen molar-refractivity contribution < 1.29 is 9.47 Å². The minimum atomic E-state index is 0.843. The summed E-state index contributed by atoms with van der Waals surface area (Å²) >= 11 is 5.57. The summed E-state index contributed by atoms with van der Waals surface area (Å²) in [6.07, 6.45) is 0. The molecule has 3 rings (SSSR count). The summed E-state index contributed by atoms with van der Waals surface area (Å²) in [7, 11) is 1.72. The van der Waals surface area contributed by atoms with E-state index in [2.05, 4.69) is 32.1 Å². The van der Waals surface area contributed by atoms with Crippen LogP contribution in [0.4, 0.5) is 5.69 Å². The second-order valence-electron chi connectivity index (χ2n) is 6.33. The third-order valence-electron chi connectivity index (χ3n) is 4.80. The first-order valence-electron chi connectivity index (χ1n) is 8.99. The molecule has 7 heteroatoms. The third-order valence-corrected chi connectivity index (χ3v) is 5.20. The highest BCUT2D eigenvalue weighted by Gasteiger charge is 2.21. The van der Waals surface area contributed by atoms with E-state index in [1.807, 2.05) is 12.1 Å². The van der Waals surface area contributed by atoms with Gasteiger partial charge in [0.2, 0.25) is 0 Å². The monoisotopic (exact) mass is 364 g/mol. The van der Waals surface area contributed by atoms with Crippen molar-refractivity contribution in [2.75, 3.05) is 77.6 Å². The number of piperazine rings is 1. The van der Waals surface area contributed by atoms with Crippen LogP contribution in [0, 0.1) is 0 Å². The summed E-state index contributed by atoms with van der Waals surface area (Å²) in [5.41, 5.74) is 1.16. The number of benzene rings is 1. The number of morpholine rings is 1. The molecule has 0 saturated carbocycles. The zero-order chi connectivity index (χ0) is 17.5. The number of ether oxygens (including phenoxy) is 2. The second kappa shape index (κ2) is 9.22. The van der Waals surface area contributed by atoms with Crippen molar-refractivity contribution in [1.29, 1.82) is 0 Å². The number of para-hydroxylation sites is 2. The van der Waals surface area contributed by atoms with Crippen molar-refractivity contribution in [2.45, 2.75) is 0 Å². The lowest BCUT2D eigenvalue weighted by atomic mass is 10.2. The van der Waals surface area contributed by atoms with Gasteiger partial charge in [0.15, 0.2) is 5.11 Å². The number of hydrogen-bond acceptors (Lipinski definition) is 5. The molecule has 1 N–H and O–H groups in total. The summed E-state index contributed by atoms with van der Waals surface area (Å²) in [4.78, 5) is 7.05. The normalized spacial score (nSPS) is 18.9. The predicted octanol–water partition coefficient (Wildman–Crippen LogP) is 1.02. The Morgan fingerprint density at radius 1 is 1.12 bits per heavy atom. The van der Waals surface area contributed by atoms with Crippen molar-refractivity contribution in [3.8, 4) is 5.75 Å². The van der Waals surface area contributed by atoms with E-state index in [1.165, 1.54) is 0 Å². The van der Waals surface area contributed by atoms with Crippen LogP contribution in [0.1, 0.15) is 0 Å². The number of rotatable bonds is 5. The molecule has 2 aliphatic heterocycles. The van der Waals surface area contributed by atoms with E-state index in [4.69, 9.17) is 21.7 Å². The van der Waals surface area contributed by atoms with E-state index < -0.39 is 0 Å². The van der Waals surface area contributed by atoms with E-state index in [1.54, 1.807) is 7.11 Å². The lowest BCUT2D eigenvalue weighted by Crippen LogP contribution is -2.52. The maximum Gasteiger partial charge on any atom is 0.169 e. The van der Waals surface area contributed by atoms with Gasteiger partial charge in [0.1, 0.15) is 5.75 Å². The minimum absolute atomic E-state index is 0.843. The summed E-state index contributed by atoms with van der Waals surface area (Å²) < 4.78 is 10.9. The van der Waals surface area contributed by atoms with E-state index in [9.17, 15) is 0 Å². The van der Waals surface area contributed by atoms with Crippen molar-refractivity contribution in [1.82, 2.24) is 15.1 Å². The Balaban J connectivity index is 1.41. The maximum atomic E-state index is 5.57. The number of hydrogen-bond donors (Lipinski definition) is 1. The Kier molecular flexibility index (Phi) is 6.72. The molecule has 2 saturated heterocycles. The molecule has 6 nitrogen and oxygen atoms in total. The molecule has 2 fully saturated rings. The van der Waals surface area contributed by atoms with Crippen molar-refractivity contribution in [3.63, 3.8) is 0 Å². The fourth-order valence-electron chi connectivity index (χ4n) is 3.30. The first-order valence-corrected chi connectivity index (χ1v) is 9.39. The van der Waals surface area contributed by atoms with E-state index in [0.29, 0.717) is 0 Å². The molecule has 0 radical (unpaired) electrons. The summed E-state index contributed by atoms with van der Waals surface area (Å²) in [6, 6.07) is 8.20. The third kappa shape index (κ3) is 4.96. The number of nitrogens with zero attached hydrogens (tertiary/aromatic N) is 3. The van der Waals surface area contributed by atoms with Crippen LogP contribution in [0.5, 0.6) is 5.75 Å². The van der Waals surface area contributed by atoms with Gasteiger partial charge < -0.3 is 24.6 Å². The molecule has 0 amide bonds. The van der Waals surface area contributed by atoms with Gasteiger partial charge in [-0.25, -0.2) is 0 Å². The Hall–Kier alpha value is -1.57. The smallest absolute Gasteiger partial charge is 0.169 e. The first kappa shape index (κ1) is 18.2. The SMILES string of the molecule is COc1ccccc1N1CCN(C(=S)NCCN2CCOCC2)CC1. The quantitative estimate of drug-likeness (QED) is 0.783. The Morgan fingerprint density at radius 2 is 1.84 bits per heavy atom. The van der Waals surface area contributed by atoms with Gasteiger partial charge in [-0.3, -0.25) is 4.90 Å². The molecule has 0 spiro atoms. The standard InChI is InChI=1S/C18H28N4O2S/c1-23-17-5-3-2-4-16(17)21-8-10-22(11-9-21)18(25)19-6-7-20-12-14-24-15-13-20/h2-5H,6-15H2,1H3,(H,19,25). The topological polar surface area (TPSA) is 40.2 Å². The summed E-state index contributed by atoms with van der Waals surface area (Å²) in [5, 5.41) is 4.28. The highest BCUT2D eigenvalue weighted by Crippen LogP contribution is 2.28. The second-order valence-corrected chi connectivity index (χ2v) is 6.72. The van der Waals surface area contributed by atoms with Crippen LogP contribution in [0.2, 0.25) is 0 Å². The van der Waals surface area contributed by atoms with Gasteiger partial charge >= 0.3 is 0 Å². The molecule has 0 atom stereocenters. The molecule has 0 aromatic heterocycles. The fraction of sp³-hybridized carbons (Fsp3) is 0.611. The van der Waals surface area contributed by atoms with Crippen LogP contribution in [-0.2, 0) is 4.74 Å². The molecular weight excluding hydrogens is 336 g/mol. The van der Waals surface area contributed by atoms with Crippen LogP contribution in [0.25, 0.3) is 0 Å². The van der Waals surface area contributed by atoms with Gasteiger partial charge in [-0.1, -0.05) is 12.1 Å². The number of methoxy groups -OCH3 is 1. The molecule has 0 aliphatic carbocycles. The zero-order valence-electron chi connectivity index (χ0n) is 14.9. The number of thiocarbonyl (C=S) groups is 1. The van der Waals surface area contributed by atoms with E-state index in [0.717, 1.165) is 82.1 Å². The average molecular weight is 365 g/mol. The minimum Gasteiger partial charge on any atom is -0.495 e. The van der Waals surface area contributed by atoms with Gasteiger partial charge in [-0.2, -0.15) is 0 Å². The molecule has 2 heterocycles. The van der Waals surface area contributed by atoms with Crippen LogP contribution < -0.4 is 15.0 Å². The molecule has 0 bridgehead atoms. The molecule has 138 valence electrons. The average Bonchev–Trinajstić information content (AvgIpc) is 2.69. The Morgan fingerprint density at radius 3 is 2.56 bits per heavy atom. The van der Waals surface area contributed by atoms with Gasteiger partial charge in [0.25, 0.3) is 0 Å². The molecule has 2 aliphatic rings. The molecular formula is C18H28N4O2S. The van der Waals surface area contributed by atoms with Crippen LogP contribution >= 0.6 is 12.2 Å². The predicted molar refractivity (Wildman–Crippen MR) is 105 cm³/mol. The zero-order valence-corrected chi connectivity index (χ0v) is 15.8. The Bertz CT molecular complexity index is 558.